The van der Waals surface area contributed by atoms with Gasteiger partial charge in [0.05, 0.1) is 13.3 Å². The number of carbonyl (C=O) groups excluding carboxylic acids is 2. The molecule has 1 aliphatic rings. The number of hydrogen-bond acceptors (Lipinski definition) is 4. The normalized spacial score (nSPS) is 16.1. The Hall–Kier alpha value is -2.83. The second-order valence-corrected chi connectivity index (χ2v) is 6.13. The molecule has 3 rings (SSSR count). The summed E-state index contributed by atoms with van der Waals surface area (Å²) in [6.07, 6.45) is 2.70. The van der Waals surface area contributed by atoms with E-state index in [1.165, 1.54) is 7.11 Å². The first kappa shape index (κ1) is 17.0. The summed E-state index contributed by atoms with van der Waals surface area (Å²) < 4.78 is 6.58. The zero-order valence-electron chi connectivity index (χ0n) is 14.6. The van der Waals surface area contributed by atoms with Crippen LogP contribution in [0, 0.1) is 6.92 Å². The van der Waals surface area contributed by atoms with Crippen LogP contribution in [0.4, 0.5) is 16.2 Å². The lowest BCUT2D eigenvalue weighted by Gasteiger charge is -2.26. The van der Waals surface area contributed by atoms with Gasteiger partial charge in [-0.25, -0.2) is 4.79 Å². The summed E-state index contributed by atoms with van der Waals surface area (Å²) in [7, 11) is 1.31. The number of rotatable bonds is 4. The number of aryl methyl sites for hydroxylation is 1. The molecule has 0 aliphatic carbocycles. The quantitative estimate of drug-likeness (QED) is 0.893. The van der Waals surface area contributed by atoms with E-state index in [1.54, 1.807) is 6.07 Å². The predicted octanol–water partition coefficient (Wildman–Crippen LogP) is 3.25. The van der Waals surface area contributed by atoms with Crippen LogP contribution in [-0.2, 0) is 16.1 Å². The lowest BCUT2D eigenvalue weighted by molar-refractivity contribution is -0.116. The van der Waals surface area contributed by atoms with E-state index in [1.807, 2.05) is 29.9 Å². The Kier molecular flexibility index (Phi) is 4.74. The number of benzene rings is 1. The standard InChI is InChI=1S/C18H22N4O3/c1-4-7-22-11(2)15(10-19-22)14-9-17(23)21-16-8-12(5-6-13(14)16)20-18(24)25-3/h5-6,8,10,14H,4,7,9H2,1-3H3,(H,20,24)(H,21,23). The Labute approximate surface area is 146 Å². The molecular weight excluding hydrogens is 320 g/mol. The van der Waals surface area contributed by atoms with Gasteiger partial charge in [0.1, 0.15) is 0 Å². The van der Waals surface area contributed by atoms with Crippen molar-refractivity contribution in [1.29, 1.82) is 0 Å². The molecule has 1 atom stereocenters. The number of nitrogens with zero attached hydrogens (tertiary/aromatic N) is 2. The third kappa shape index (κ3) is 3.35. The van der Waals surface area contributed by atoms with Crippen molar-refractivity contribution < 1.29 is 14.3 Å². The van der Waals surface area contributed by atoms with Crippen molar-refractivity contribution in [2.45, 2.75) is 39.2 Å². The van der Waals surface area contributed by atoms with Gasteiger partial charge in [0, 0.05) is 41.5 Å². The summed E-state index contributed by atoms with van der Waals surface area (Å²) in [6.45, 7) is 5.01. The molecule has 2 N–H and O–H groups in total. The molecule has 7 nitrogen and oxygen atoms in total. The van der Waals surface area contributed by atoms with Gasteiger partial charge in [-0.1, -0.05) is 13.0 Å². The van der Waals surface area contributed by atoms with Crippen LogP contribution in [0.1, 0.15) is 42.5 Å². The van der Waals surface area contributed by atoms with Crippen LogP contribution in [0.25, 0.3) is 0 Å². The largest absolute Gasteiger partial charge is 0.453 e. The third-order valence-electron chi connectivity index (χ3n) is 4.48. The van der Waals surface area contributed by atoms with E-state index < -0.39 is 6.09 Å². The number of fused-ring (bicyclic) bond motifs is 1. The van der Waals surface area contributed by atoms with E-state index in [4.69, 9.17) is 0 Å². The number of anilines is 2. The molecule has 1 unspecified atom stereocenters. The van der Waals surface area contributed by atoms with Gasteiger partial charge in [-0.3, -0.25) is 14.8 Å². The Morgan fingerprint density at radius 3 is 2.96 bits per heavy atom. The summed E-state index contributed by atoms with van der Waals surface area (Å²) in [4.78, 5) is 23.6. The van der Waals surface area contributed by atoms with E-state index in [0.29, 0.717) is 17.8 Å². The number of hydrogen-bond donors (Lipinski definition) is 2. The van der Waals surface area contributed by atoms with Crippen LogP contribution in [0.3, 0.4) is 0 Å². The highest BCUT2D eigenvalue weighted by molar-refractivity contribution is 5.96. The smallest absolute Gasteiger partial charge is 0.411 e. The minimum atomic E-state index is -0.546. The molecule has 2 amide bonds. The minimum absolute atomic E-state index is 0.0402. The number of aromatic nitrogens is 2. The van der Waals surface area contributed by atoms with Gasteiger partial charge in [-0.05, 0) is 31.0 Å². The summed E-state index contributed by atoms with van der Waals surface area (Å²) in [5, 5.41) is 9.96. The summed E-state index contributed by atoms with van der Waals surface area (Å²) in [6, 6.07) is 5.50. The first-order chi connectivity index (χ1) is 12.0. The van der Waals surface area contributed by atoms with E-state index in [0.717, 1.165) is 29.8 Å². The molecule has 0 saturated heterocycles. The number of ether oxygens (including phenoxy) is 1. The molecule has 7 heteroatoms. The Bertz CT molecular complexity index is 813. The Morgan fingerprint density at radius 2 is 2.24 bits per heavy atom. The van der Waals surface area contributed by atoms with Gasteiger partial charge in [-0.2, -0.15) is 5.10 Å². The van der Waals surface area contributed by atoms with Crippen molar-refractivity contribution in [1.82, 2.24) is 9.78 Å². The maximum Gasteiger partial charge on any atom is 0.411 e. The second kappa shape index (κ2) is 6.96. The first-order valence-corrected chi connectivity index (χ1v) is 8.34. The molecule has 2 aromatic rings. The highest BCUT2D eigenvalue weighted by atomic mass is 16.5. The van der Waals surface area contributed by atoms with Crippen LogP contribution in [0.5, 0.6) is 0 Å². The molecule has 0 bridgehead atoms. The monoisotopic (exact) mass is 342 g/mol. The summed E-state index contributed by atoms with van der Waals surface area (Å²) in [5.74, 6) is -0.0862. The average molecular weight is 342 g/mol. The molecule has 0 fully saturated rings. The molecule has 0 radical (unpaired) electrons. The van der Waals surface area contributed by atoms with Crippen LogP contribution < -0.4 is 10.6 Å². The van der Waals surface area contributed by atoms with Crippen molar-refractivity contribution in [2.24, 2.45) is 0 Å². The number of nitrogens with one attached hydrogen (secondary N) is 2. The van der Waals surface area contributed by atoms with Crippen molar-refractivity contribution in [2.75, 3.05) is 17.7 Å². The van der Waals surface area contributed by atoms with Gasteiger partial charge in [0.15, 0.2) is 0 Å². The van der Waals surface area contributed by atoms with E-state index in [-0.39, 0.29) is 11.8 Å². The molecule has 0 spiro atoms. The number of carbonyl (C=O) groups is 2. The lowest BCUT2D eigenvalue weighted by Crippen LogP contribution is -2.24. The Morgan fingerprint density at radius 1 is 1.44 bits per heavy atom. The predicted molar refractivity (Wildman–Crippen MR) is 94.8 cm³/mol. The average Bonchev–Trinajstić information content (AvgIpc) is 2.95. The van der Waals surface area contributed by atoms with Crippen LogP contribution in [0.2, 0.25) is 0 Å². The maximum atomic E-state index is 12.2. The van der Waals surface area contributed by atoms with Gasteiger partial charge in [0.25, 0.3) is 0 Å². The first-order valence-electron chi connectivity index (χ1n) is 8.34. The molecule has 1 aliphatic heterocycles. The van der Waals surface area contributed by atoms with Gasteiger partial charge in [-0.15, -0.1) is 0 Å². The molecular formula is C18H22N4O3. The Balaban J connectivity index is 1.96. The van der Waals surface area contributed by atoms with Crippen LogP contribution >= 0.6 is 0 Å². The van der Waals surface area contributed by atoms with Crippen molar-refractivity contribution >= 4 is 23.4 Å². The zero-order chi connectivity index (χ0) is 18.0. The van der Waals surface area contributed by atoms with Gasteiger partial charge < -0.3 is 10.1 Å². The zero-order valence-corrected chi connectivity index (χ0v) is 14.6. The SMILES string of the molecule is CCCn1ncc(C2CC(=O)Nc3cc(NC(=O)OC)ccc32)c1C. The highest BCUT2D eigenvalue weighted by Crippen LogP contribution is 2.39. The van der Waals surface area contributed by atoms with Crippen LogP contribution in [0.15, 0.2) is 24.4 Å². The molecule has 132 valence electrons. The summed E-state index contributed by atoms with van der Waals surface area (Å²) in [5.41, 5.74) is 4.46. The second-order valence-electron chi connectivity index (χ2n) is 6.13. The molecule has 2 heterocycles. The fourth-order valence-corrected chi connectivity index (χ4v) is 3.23. The molecule has 1 aromatic carbocycles. The highest BCUT2D eigenvalue weighted by Gasteiger charge is 2.29. The van der Waals surface area contributed by atoms with Crippen molar-refractivity contribution in [3.05, 3.63) is 41.2 Å². The van der Waals surface area contributed by atoms with E-state index in [9.17, 15) is 9.59 Å². The maximum absolute atomic E-state index is 12.2. The summed E-state index contributed by atoms with van der Waals surface area (Å²) >= 11 is 0. The van der Waals surface area contributed by atoms with Crippen molar-refractivity contribution in [3.63, 3.8) is 0 Å². The molecule has 0 saturated carbocycles. The fraction of sp³-hybridized carbons (Fsp3) is 0.389. The minimum Gasteiger partial charge on any atom is -0.453 e. The van der Waals surface area contributed by atoms with E-state index >= 15 is 0 Å². The topological polar surface area (TPSA) is 85.3 Å². The van der Waals surface area contributed by atoms with E-state index in [2.05, 4.69) is 27.4 Å². The molecule has 1 aromatic heterocycles. The number of amides is 2. The lowest BCUT2D eigenvalue weighted by atomic mass is 9.85. The number of methoxy groups -OCH3 is 1. The fourth-order valence-electron chi connectivity index (χ4n) is 3.23. The van der Waals surface area contributed by atoms with Gasteiger partial charge in [0.2, 0.25) is 5.91 Å². The third-order valence-corrected chi connectivity index (χ3v) is 4.48. The van der Waals surface area contributed by atoms with Crippen LogP contribution in [-0.4, -0.2) is 28.9 Å². The molecule has 25 heavy (non-hydrogen) atoms. The van der Waals surface area contributed by atoms with Gasteiger partial charge >= 0.3 is 6.09 Å². The van der Waals surface area contributed by atoms with Crippen molar-refractivity contribution in [3.8, 4) is 0 Å².